The predicted molar refractivity (Wildman–Crippen MR) is 62.8 cm³/mol. The lowest BCUT2D eigenvalue weighted by molar-refractivity contribution is 0.0692. The molecule has 2 aromatic rings. The number of nitrogens with zero attached hydrogens (tertiary/aromatic N) is 1. The number of carbonyl (C=O) groups is 1. The van der Waals surface area contributed by atoms with Gasteiger partial charge in [-0.3, -0.25) is 9.82 Å². The maximum atomic E-state index is 13.4. The van der Waals surface area contributed by atoms with Gasteiger partial charge in [-0.15, -0.1) is 0 Å². The number of nitrogens with one attached hydrogen (secondary N) is 2. The molecule has 19 heavy (non-hydrogen) atoms. The van der Waals surface area contributed by atoms with E-state index >= 15 is 0 Å². The van der Waals surface area contributed by atoms with Crippen LogP contribution in [0, 0.1) is 5.82 Å². The van der Waals surface area contributed by atoms with E-state index in [4.69, 9.17) is 5.11 Å². The summed E-state index contributed by atoms with van der Waals surface area (Å²) in [4.78, 5) is 10.6. The largest absolute Gasteiger partial charge is 0.478 e. The minimum Gasteiger partial charge on any atom is -0.478 e. The Kier molecular flexibility index (Phi) is 3.21. The molecular weight excluding hydrogens is 277 g/mol. The van der Waals surface area contributed by atoms with Crippen LogP contribution in [0.15, 0.2) is 35.5 Å². The monoisotopic (exact) mass is 285 g/mol. The van der Waals surface area contributed by atoms with Crippen molar-refractivity contribution in [3.8, 4) is 0 Å². The highest BCUT2D eigenvalue weighted by molar-refractivity contribution is 7.92. The van der Waals surface area contributed by atoms with Crippen LogP contribution in [0.25, 0.3) is 0 Å². The lowest BCUT2D eigenvalue weighted by Crippen LogP contribution is -2.14. The number of carboxylic acid groups (broad SMARTS) is 1. The number of aromatic carboxylic acids is 1. The summed E-state index contributed by atoms with van der Waals surface area (Å²) in [5, 5.41) is 14.2. The molecule has 1 aromatic heterocycles. The Hall–Kier alpha value is -2.42. The first kappa shape index (κ1) is 13.0. The average Bonchev–Trinajstić information content (AvgIpc) is 2.81. The number of carboxylic acids is 1. The number of benzene rings is 1. The molecule has 100 valence electrons. The van der Waals surface area contributed by atoms with Gasteiger partial charge in [-0.25, -0.2) is 9.18 Å². The van der Waals surface area contributed by atoms with Crippen molar-refractivity contribution in [2.45, 2.75) is 5.03 Å². The highest BCUT2D eigenvalue weighted by Crippen LogP contribution is 2.17. The Balaban J connectivity index is 2.30. The van der Waals surface area contributed by atoms with Crippen LogP contribution in [0.2, 0.25) is 0 Å². The zero-order valence-corrected chi connectivity index (χ0v) is 10.1. The number of hydrogen-bond donors (Lipinski definition) is 3. The van der Waals surface area contributed by atoms with E-state index in [1.54, 1.807) is 0 Å². The van der Waals surface area contributed by atoms with Crippen molar-refractivity contribution >= 4 is 21.7 Å². The van der Waals surface area contributed by atoms with Crippen molar-refractivity contribution in [2.75, 3.05) is 4.72 Å². The normalized spacial score (nSPS) is 11.2. The minimum absolute atomic E-state index is 0.0860. The van der Waals surface area contributed by atoms with Gasteiger partial charge in [0.15, 0.2) is 5.03 Å². The van der Waals surface area contributed by atoms with Crippen molar-refractivity contribution < 1.29 is 22.7 Å². The summed E-state index contributed by atoms with van der Waals surface area (Å²) < 4.78 is 39.0. The van der Waals surface area contributed by atoms with Crippen molar-refractivity contribution in [3.05, 3.63) is 41.8 Å². The van der Waals surface area contributed by atoms with E-state index in [0.29, 0.717) is 0 Å². The molecule has 0 aliphatic rings. The zero-order chi connectivity index (χ0) is 14.0. The van der Waals surface area contributed by atoms with Crippen LogP contribution < -0.4 is 4.72 Å². The number of aromatic amines is 1. The van der Waals surface area contributed by atoms with Crippen LogP contribution in [-0.4, -0.2) is 29.7 Å². The van der Waals surface area contributed by atoms with Crippen molar-refractivity contribution in [3.63, 3.8) is 0 Å². The number of aromatic nitrogens is 2. The Morgan fingerprint density at radius 2 is 2.11 bits per heavy atom. The summed E-state index contributed by atoms with van der Waals surface area (Å²) in [6.45, 7) is 0. The number of H-pyrrole nitrogens is 1. The third-order valence-electron chi connectivity index (χ3n) is 2.22. The van der Waals surface area contributed by atoms with E-state index in [2.05, 4.69) is 14.9 Å². The molecule has 0 fully saturated rings. The summed E-state index contributed by atoms with van der Waals surface area (Å²) in [6.07, 6.45) is 1.25. The van der Waals surface area contributed by atoms with E-state index in [0.717, 1.165) is 18.2 Å². The van der Waals surface area contributed by atoms with Crippen molar-refractivity contribution in [2.24, 2.45) is 0 Å². The highest BCUT2D eigenvalue weighted by Gasteiger charge is 2.17. The standard InChI is InChI=1S/C10H8FN3O4S/c11-8-5-6(1-2-7(8)10(15)16)14-19(17,18)9-3-4-12-13-9/h1-5,14H,(H,12,13)(H,15,16). The number of anilines is 1. The van der Waals surface area contributed by atoms with E-state index in [-0.39, 0.29) is 10.7 Å². The summed E-state index contributed by atoms with van der Waals surface area (Å²) in [6, 6.07) is 4.14. The number of sulfonamides is 1. The molecule has 1 aromatic carbocycles. The first-order chi connectivity index (χ1) is 8.90. The minimum atomic E-state index is -3.90. The van der Waals surface area contributed by atoms with Gasteiger partial charge in [0.25, 0.3) is 10.0 Å². The predicted octanol–water partition coefficient (Wildman–Crippen LogP) is 1.05. The summed E-state index contributed by atoms with van der Waals surface area (Å²) in [5.74, 6) is -2.46. The lowest BCUT2D eigenvalue weighted by Gasteiger charge is -2.07. The van der Waals surface area contributed by atoms with Crippen LogP contribution in [0.1, 0.15) is 10.4 Å². The summed E-state index contributed by atoms with van der Waals surface area (Å²) in [7, 11) is -3.90. The topological polar surface area (TPSA) is 112 Å². The molecule has 0 saturated heterocycles. The molecule has 1 heterocycles. The smallest absolute Gasteiger partial charge is 0.338 e. The van der Waals surface area contributed by atoms with Crippen LogP contribution in [0.3, 0.4) is 0 Å². The zero-order valence-electron chi connectivity index (χ0n) is 9.29. The first-order valence-corrected chi connectivity index (χ1v) is 6.43. The molecule has 0 atom stereocenters. The Morgan fingerprint density at radius 1 is 1.37 bits per heavy atom. The van der Waals surface area contributed by atoms with Gasteiger partial charge in [0, 0.05) is 0 Å². The molecule has 0 spiro atoms. The van der Waals surface area contributed by atoms with Crippen LogP contribution in [0.4, 0.5) is 10.1 Å². The molecule has 3 N–H and O–H groups in total. The van der Waals surface area contributed by atoms with Crippen LogP contribution in [-0.2, 0) is 10.0 Å². The molecule has 0 aliphatic carbocycles. The highest BCUT2D eigenvalue weighted by atomic mass is 32.2. The molecule has 0 aliphatic heterocycles. The molecule has 0 amide bonds. The number of hydrogen-bond acceptors (Lipinski definition) is 4. The quantitative estimate of drug-likeness (QED) is 0.777. The van der Waals surface area contributed by atoms with E-state index in [1.807, 2.05) is 0 Å². The van der Waals surface area contributed by atoms with Gasteiger partial charge in [-0.1, -0.05) is 0 Å². The van der Waals surface area contributed by atoms with E-state index in [9.17, 15) is 17.6 Å². The third kappa shape index (κ3) is 2.71. The average molecular weight is 285 g/mol. The van der Waals surface area contributed by atoms with Crippen molar-refractivity contribution in [1.82, 2.24) is 10.2 Å². The van der Waals surface area contributed by atoms with Gasteiger partial charge in [0.2, 0.25) is 0 Å². The van der Waals surface area contributed by atoms with Crippen LogP contribution in [0.5, 0.6) is 0 Å². The van der Waals surface area contributed by atoms with Gasteiger partial charge in [0.1, 0.15) is 5.82 Å². The molecule has 0 saturated carbocycles. The van der Waals surface area contributed by atoms with Crippen LogP contribution >= 0.6 is 0 Å². The second-order valence-electron chi connectivity index (χ2n) is 3.53. The summed E-state index contributed by atoms with van der Waals surface area (Å²) in [5.41, 5.74) is -0.624. The fourth-order valence-corrected chi connectivity index (χ4v) is 2.32. The van der Waals surface area contributed by atoms with Gasteiger partial charge in [-0.05, 0) is 24.3 Å². The third-order valence-corrected chi connectivity index (χ3v) is 3.53. The number of halogens is 1. The van der Waals surface area contributed by atoms with E-state index < -0.39 is 27.4 Å². The molecule has 2 rings (SSSR count). The maximum absolute atomic E-state index is 13.4. The molecule has 0 radical (unpaired) electrons. The second-order valence-corrected chi connectivity index (χ2v) is 5.18. The SMILES string of the molecule is O=C(O)c1ccc(NS(=O)(=O)c2ccn[nH]2)cc1F. The van der Waals surface area contributed by atoms with Gasteiger partial charge in [0.05, 0.1) is 17.4 Å². The Morgan fingerprint density at radius 3 is 2.63 bits per heavy atom. The Labute approximate surface area is 107 Å². The van der Waals surface area contributed by atoms with Gasteiger partial charge in [-0.2, -0.15) is 13.5 Å². The number of rotatable bonds is 4. The summed E-state index contributed by atoms with van der Waals surface area (Å²) >= 11 is 0. The fraction of sp³-hybridized carbons (Fsp3) is 0. The van der Waals surface area contributed by atoms with Crippen molar-refractivity contribution in [1.29, 1.82) is 0 Å². The van der Waals surface area contributed by atoms with E-state index in [1.165, 1.54) is 12.3 Å². The van der Waals surface area contributed by atoms with Gasteiger partial charge >= 0.3 is 5.97 Å². The molecular formula is C10H8FN3O4S. The molecule has 9 heteroatoms. The second kappa shape index (κ2) is 4.69. The Bertz CT molecular complexity index is 712. The van der Waals surface area contributed by atoms with Gasteiger partial charge < -0.3 is 5.11 Å². The lowest BCUT2D eigenvalue weighted by atomic mass is 10.2. The maximum Gasteiger partial charge on any atom is 0.338 e. The molecule has 0 bridgehead atoms. The molecule has 0 unspecified atom stereocenters. The first-order valence-electron chi connectivity index (χ1n) is 4.95. The fourth-order valence-electron chi connectivity index (χ4n) is 1.35. The molecule has 7 nitrogen and oxygen atoms in total.